The molecule has 3 aromatic carbocycles. The van der Waals surface area contributed by atoms with Gasteiger partial charge in [0.25, 0.3) is 0 Å². The number of methoxy groups -OCH3 is 1. The third-order valence-electron chi connectivity index (χ3n) is 6.00. The fraction of sp³-hybridized carbons (Fsp3) is 0.120. The Balaban J connectivity index is 1.63. The molecule has 0 aliphatic carbocycles. The van der Waals surface area contributed by atoms with Crippen molar-refractivity contribution in [3.8, 4) is 11.5 Å². The first-order chi connectivity index (χ1) is 16.1. The van der Waals surface area contributed by atoms with Gasteiger partial charge in [-0.3, -0.25) is 0 Å². The molecular weight excluding hydrogens is 459 g/mol. The van der Waals surface area contributed by atoms with Crippen molar-refractivity contribution in [2.75, 3.05) is 12.4 Å². The lowest BCUT2D eigenvalue weighted by atomic mass is 9.84. The van der Waals surface area contributed by atoms with E-state index >= 15 is 0 Å². The number of aromatic nitrogens is 3. The van der Waals surface area contributed by atoms with Gasteiger partial charge < -0.3 is 14.8 Å². The molecule has 1 N–H and O–H groups in total. The maximum atomic E-state index is 6.66. The van der Waals surface area contributed by atoms with Crippen LogP contribution in [0, 0.1) is 0 Å². The summed E-state index contributed by atoms with van der Waals surface area (Å²) in [6, 6.07) is 21.0. The molecule has 0 unspecified atom stereocenters. The Hall–Kier alpha value is -3.48. The maximum absolute atomic E-state index is 6.66. The topological polar surface area (TPSA) is 61.2 Å². The van der Waals surface area contributed by atoms with Crippen molar-refractivity contribution in [1.29, 1.82) is 0 Å². The van der Waals surface area contributed by atoms with Gasteiger partial charge in [0, 0.05) is 26.7 Å². The van der Waals surface area contributed by atoms with Crippen molar-refractivity contribution >= 4 is 34.8 Å². The molecule has 33 heavy (non-hydrogen) atoms. The predicted molar refractivity (Wildman–Crippen MR) is 128 cm³/mol. The summed E-state index contributed by atoms with van der Waals surface area (Å²) < 4.78 is 13.8. The quantitative estimate of drug-likeness (QED) is 0.383. The van der Waals surface area contributed by atoms with E-state index in [-0.39, 0.29) is 6.04 Å². The molecule has 164 valence electrons. The number of nitrogens with zero attached hydrogens (tertiary/aromatic N) is 3. The average Bonchev–Trinajstić information content (AvgIpc) is 3.31. The van der Waals surface area contributed by atoms with Gasteiger partial charge in [0.05, 0.1) is 12.8 Å². The third-order valence-corrected chi connectivity index (χ3v) is 6.57. The second-order valence-corrected chi connectivity index (χ2v) is 8.66. The summed E-state index contributed by atoms with van der Waals surface area (Å²) in [5, 5.41) is 9.25. The molecule has 2 atom stereocenters. The number of anilines is 1. The summed E-state index contributed by atoms with van der Waals surface area (Å²) in [6.07, 6.45) is 1.10. The Kier molecular flexibility index (Phi) is 4.78. The van der Waals surface area contributed by atoms with Gasteiger partial charge in [0.15, 0.2) is 6.10 Å². The van der Waals surface area contributed by atoms with E-state index in [4.69, 9.17) is 32.7 Å². The van der Waals surface area contributed by atoms with E-state index in [1.54, 1.807) is 13.4 Å². The second kappa shape index (κ2) is 7.83. The number of halogens is 2. The number of hydrogen-bond acceptors (Lipinski definition) is 5. The number of fused-ring (bicyclic) bond motifs is 3. The molecule has 0 saturated carbocycles. The van der Waals surface area contributed by atoms with E-state index in [0.29, 0.717) is 16.0 Å². The van der Waals surface area contributed by atoms with Crippen LogP contribution in [0.25, 0.3) is 5.70 Å². The van der Waals surface area contributed by atoms with Crippen LogP contribution in [-0.4, -0.2) is 21.9 Å². The molecule has 6 nitrogen and oxygen atoms in total. The zero-order chi connectivity index (χ0) is 22.5. The molecule has 2 aliphatic heterocycles. The number of benzene rings is 3. The van der Waals surface area contributed by atoms with E-state index in [9.17, 15) is 0 Å². The van der Waals surface area contributed by atoms with Crippen LogP contribution in [0.3, 0.4) is 0 Å². The fourth-order valence-electron chi connectivity index (χ4n) is 4.49. The Bertz CT molecular complexity index is 1400. The molecule has 0 amide bonds. The van der Waals surface area contributed by atoms with Crippen LogP contribution in [0.5, 0.6) is 11.5 Å². The van der Waals surface area contributed by atoms with Gasteiger partial charge in [-0.25, -0.2) is 4.68 Å². The SMILES string of the molecule is COc1ccc([C@H]2C3=C(Nc4ncnn42)c2cc(Cl)ccc2O[C@H]3c2ccccc2Cl)cc1. The minimum atomic E-state index is -0.445. The molecule has 2 aliphatic rings. The van der Waals surface area contributed by atoms with Crippen LogP contribution in [0.1, 0.15) is 28.8 Å². The number of ether oxygens (including phenoxy) is 2. The number of hydrogen-bond donors (Lipinski definition) is 1. The second-order valence-electron chi connectivity index (χ2n) is 7.82. The molecule has 0 spiro atoms. The predicted octanol–water partition coefficient (Wildman–Crippen LogP) is 6.15. The molecule has 0 fully saturated rings. The first-order valence-corrected chi connectivity index (χ1v) is 11.1. The summed E-state index contributed by atoms with van der Waals surface area (Å²) >= 11 is 13.0. The highest BCUT2D eigenvalue weighted by Crippen LogP contribution is 2.51. The lowest BCUT2D eigenvalue weighted by molar-refractivity contribution is 0.223. The van der Waals surface area contributed by atoms with Gasteiger partial charge in [-0.15, -0.1) is 0 Å². The van der Waals surface area contributed by atoms with Crippen LogP contribution >= 0.6 is 23.2 Å². The first-order valence-electron chi connectivity index (χ1n) is 10.4. The smallest absolute Gasteiger partial charge is 0.226 e. The summed E-state index contributed by atoms with van der Waals surface area (Å²) in [4.78, 5) is 4.45. The van der Waals surface area contributed by atoms with Gasteiger partial charge in [0.2, 0.25) is 5.95 Å². The van der Waals surface area contributed by atoms with E-state index in [1.165, 1.54) is 0 Å². The van der Waals surface area contributed by atoms with Crippen molar-refractivity contribution in [3.05, 3.63) is 105 Å². The molecule has 0 saturated heterocycles. The average molecular weight is 477 g/mol. The summed E-state index contributed by atoms with van der Waals surface area (Å²) in [5.41, 5.74) is 4.62. The van der Waals surface area contributed by atoms with Crippen LogP contribution in [-0.2, 0) is 0 Å². The molecule has 3 heterocycles. The molecule has 0 radical (unpaired) electrons. The molecular formula is C25H18Cl2N4O2. The molecule has 8 heteroatoms. The Labute approximate surface area is 200 Å². The Morgan fingerprint density at radius 1 is 1.03 bits per heavy atom. The van der Waals surface area contributed by atoms with Crippen LogP contribution in [0.4, 0.5) is 5.95 Å². The normalized spacial score (nSPS) is 18.5. The zero-order valence-electron chi connectivity index (χ0n) is 17.5. The van der Waals surface area contributed by atoms with Gasteiger partial charge in [-0.1, -0.05) is 53.5 Å². The Morgan fingerprint density at radius 3 is 2.64 bits per heavy atom. The standard InChI is InChI=1S/C25H18Cl2N4O2/c1-32-16-9-6-14(7-10-16)23-21-22(30-25-28-13-29-31(23)25)18-12-15(26)8-11-20(18)33-24(21)17-4-2-3-5-19(17)27/h2-13,23-24H,1H3,(H,28,29,30)/t23-,24-/m0/s1. The lowest BCUT2D eigenvalue weighted by Gasteiger charge is -2.39. The number of rotatable bonds is 3. The fourth-order valence-corrected chi connectivity index (χ4v) is 4.90. The van der Waals surface area contributed by atoms with Crippen molar-refractivity contribution < 1.29 is 9.47 Å². The summed E-state index contributed by atoms with van der Waals surface area (Å²) in [7, 11) is 1.65. The first kappa shape index (κ1) is 20.1. The van der Waals surface area contributed by atoms with E-state index < -0.39 is 6.10 Å². The molecule has 6 rings (SSSR count). The lowest BCUT2D eigenvalue weighted by Crippen LogP contribution is -2.32. The van der Waals surface area contributed by atoms with Gasteiger partial charge in [0.1, 0.15) is 23.9 Å². The maximum Gasteiger partial charge on any atom is 0.226 e. The van der Waals surface area contributed by atoms with Crippen molar-refractivity contribution in [1.82, 2.24) is 14.8 Å². The zero-order valence-corrected chi connectivity index (χ0v) is 19.0. The van der Waals surface area contributed by atoms with Gasteiger partial charge in [-0.2, -0.15) is 10.1 Å². The van der Waals surface area contributed by atoms with E-state index in [0.717, 1.165) is 39.5 Å². The Morgan fingerprint density at radius 2 is 1.85 bits per heavy atom. The largest absolute Gasteiger partial charge is 0.497 e. The highest BCUT2D eigenvalue weighted by Gasteiger charge is 2.41. The van der Waals surface area contributed by atoms with Crippen molar-refractivity contribution in [3.63, 3.8) is 0 Å². The monoisotopic (exact) mass is 476 g/mol. The summed E-state index contributed by atoms with van der Waals surface area (Å²) in [5.74, 6) is 2.14. The van der Waals surface area contributed by atoms with Gasteiger partial charge >= 0.3 is 0 Å². The highest BCUT2D eigenvalue weighted by molar-refractivity contribution is 6.31. The third kappa shape index (κ3) is 3.25. The minimum Gasteiger partial charge on any atom is -0.497 e. The van der Waals surface area contributed by atoms with Crippen molar-refractivity contribution in [2.45, 2.75) is 12.1 Å². The van der Waals surface area contributed by atoms with E-state index in [2.05, 4.69) is 15.4 Å². The van der Waals surface area contributed by atoms with Crippen molar-refractivity contribution in [2.24, 2.45) is 0 Å². The molecule has 0 bridgehead atoms. The van der Waals surface area contributed by atoms with E-state index in [1.807, 2.05) is 71.4 Å². The minimum absolute atomic E-state index is 0.280. The van der Waals surface area contributed by atoms with Crippen LogP contribution < -0.4 is 14.8 Å². The number of nitrogens with one attached hydrogen (secondary N) is 1. The van der Waals surface area contributed by atoms with Gasteiger partial charge in [-0.05, 0) is 42.0 Å². The van der Waals surface area contributed by atoms with Crippen LogP contribution in [0.2, 0.25) is 10.0 Å². The van der Waals surface area contributed by atoms with Crippen LogP contribution in [0.15, 0.2) is 78.6 Å². The highest BCUT2D eigenvalue weighted by atomic mass is 35.5. The molecule has 4 aromatic rings. The summed E-state index contributed by atoms with van der Waals surface area (Å²) in [6.45, 7) is 0. The molecule has 1 aromatic heterocycles.